The first kappa shape index (κ1) is 27.3. The van der Waals surface area contributed by atoms with Gasteiger partial charge in [-0.25, -0.2) is 23.7 Å². The van der Waals surface area contributed by atoms with E-state index in [-0.39, 0.29) is 43.3 Å². The number of imidazole rings is 1. The van der Waals surface area contributed by atoms with Crippen LogP contribution in [0, 0.1) is 17.0 Å². The maximum absolute atomic E-state index is 13.7. The van der Waals surface area contributed by atoms with Crippen molar-refractivity contribution in [1.29, 1.82) is 0 Å². The second-order valence-electron chi connectivity index (χ2n) is 9.60. The number of aliphatic hydroxyl groups is 1. The summed E-state index contributed by atoms with van der Waals surface area (Å²) in [6.45, 7) is 2.26. The highest BCUT2D eigenvalue weighted by Gasteiger charge is 2.40. The van der Waals surface area contributed by atoms with E-state index < -0.39 is 11.7 Å². The number of halogens is 2. The molecule has 208 valence electrons. The Balaban J connectivity index is 1.41. The molecule has 40 heavy (non-hydrogen) atoms. The average Bonchev–Trinajstić information content (AvgIpc) is 3.41. The minimum atomic E-state index is -0.908. The molecule has 1 aliphatic heterocycles. The zero-order chi connectivity index (χ0) is 28.1. The summed E-state index contributed by atoms with van der Waals surface area (Å²) in [5.41, 5.74) is 1.83. The molecule has 1 amide bonds. The first-order chi connectivity index (χ1) is 19.3. The van der Waals surface area contributed by atoms with Crippen LogP contribution in [0.2, 0.25) is 0 Å². The fourth-order valence-corrected chi connectivity index (χ4v) is 4.12. The SMILES string of the molecule is CC1(C(=O)NCCCO)COC(c2nc(-c3ccc(F)cc3)c(-c3ccnc(Nc4ccc(F)cc4)n3)[nH]2)OC1. The summed E-state index contributed by atoms with van der Waals surface area (Å²) in [5, 5.41) is 14.8. The Hall–Kier alpha value is -4.26. The van der Waals surface area contributed by atoms with Crippen LogP contribution < -0.4 is 10.6 Å². The van der Waals surface area contributed by atoms with Gasteiger partial charge in [0, 0.05) is 30.6 Å². The molecule has 12 heteroatoms. The second-order valence-corrected chi connectivity index (χ2v) is 9.60. The van der Waals surface area contributed by atoms with Gasteiger partial charge < -0.3 is 30.2 Å². The van der Waals surface area contributed by atoms with Crippen molar-refractivity contribution >= 4 is 17.5 Å². The van der Waals surface area contributed by atoms with Gasteiger partial charge in [0.05, 0.1) is 35.7 Å². The summed E-state index contributed by atoms with van der Waals surface area (Å²) in [5.74, 6) is -0.343. The van der Waals surface area contributed by atoms with Crippen LogP contribution in [0.15, 0.2) is 60.8 Å². The Morgan fingerprint density at radius 3 is 2.40 bits per heavy atom. The van der Waals surface area contributed by atoms with Gasteiger partial charge in [0.2, 0.25) is 18.1 Å². The number of aromatic amines is 1. The average molecular weight is 551 g/mol. The number of aromatic nitrogens is 4. The maximum Gasteiger partial charge on any atom is 0.230 e. The van der Waals surface area contributed by atoms with E-state index in [9.17, 15) is 13.6 Å². The number of nitrogens with zero attached hydrogens (tertiary/aromatic N) is 3. The van der Waals surface area contributed by atoms with Gasteiger partial charge in [-0.3, -0.25) is 4.79 Å². The molecule has 0 spiro atoms. The number of aliphatic hydroxyl groups excluding tert-OH is 1. The molecule has 1 saturated heterocycles. The van der Waals surface area contributed by atoms with Crippen LogP contribution in [-0.2, 0) is 14.3 Å². The fraction of sp³-hybridized carbons (Fsp3) is 0.286. The molecule has 0 bridgehead atoms. The van der Waals surface area contributed by atoms with Crippen molar-refractivity contribution in [1.82, 2.24) is 25.3 Å². The molecule has 4 N–H and O–H groups in total. The molecule has 1 fully saturated rings. The van der Waals surface area contributed by atoms with E-state index in [4.69, 9.17) is 19.6 Å². The predicted octanol–water partition coefficient (Wildman–Crippen LogP) is 4.11. The molecule has 0 radical (unpaired) electrons. The molecule has 3 heterocycles. The van der Waals surface area contributed by atoms with Crippen LogP contribution in [0.25, 0.3) is 22.6 Å². The molecule has 2 aromatic carbocycles. The topological polar surface area (TPSA) is 134 Å². The van der Waals surface area contributed by atoms with E-state index in [0.29, 0.717) is 47.1 Å². The van der Waals surface area contributed by atoms with Crippen LogP contribution in [0.3, 0.4) is 0 Å². The molecule has 0 saturated carbocycles. The number of hydrogen-bond donors (Lipinski definition) is 4. The third kappa shape index (κ3) is 6.14. The molecule has 5 rings (SSSR count). The number of ether oxygens (including phenoxy) is 2. The molecule has 0 atom stereocenters. The number of H-pyrrole nitrogens is 1. The number of benzene rings is 2. The van der Waals surface area contributed by atoms with Crippen molar-refractivity contribution in [2.75, 3.05) is 31.7 Å². The van der Waals surface area contributed by atoms with Crippen molar-refractivity contribution in [3.63, 3.8) is 0 Å². The Kier molecular flexibility index (Phi) is 8.10. The smallest absolute Gasteiger partial charge is 0.230 e. The number of nitrogens with one attached hydrogen (secondary N) is 3. The molecular formula is C28H28F2N6O4. The van der Waals surface area contributed by atoms with Gasteiger partial charge >= 0.3 is 0 Å². The summed E-state index contributed by atoms with van der Waals surface area (Å²) in [6.07, 6.45) is 1.14. The van der Waals surface area contributed by atoms with Gasteiger partial charge in [-0.05, 0) is 67.9 Å². The number of rotatable bonds is 9. The minimum Gasteiger partial charge on any atom is -0.396 e. The van der Waals surface area contributed by atoms with Gasteiger partial charge in [0.25, 0.3) is 0 Å². The summed E-state index contributed by atoms with van der Waals surface area (Å²) < 4.78 is 38.8. The van der Waals surface area contributed by atoms with Gasteiger partial charge in [-0.2, -0.15) is 0 Å². The van der Waals surface area contributed by atoms with Crippen LogP contribution in [0.1, 0.15) is 25.5 Å². The molecule has 4 aromatic rings. The second kappa shape index (κ2) is 11.9. The first-order valence-corrected chi connectivity index (χ1v) is 12.7. The zero-order valence-corrected chi connectivity index (χ0v) is 21.7. The molecule has 0 unspecified atom stereocenters. The summed E-state index contributed by atoms with van der Waals surface area (Å²) >= 11 is 0. The van der Waals surface area contributed by atoms with E-state index >= 15 is 0 Å². The van der Waals surface area contributed by atoms with Gasteiger partial charge in [-0.1, -0.05) is 0 Å². The Bertz CT molecular complexity index is 1450. The highest BCUT2D eigenvalue weighted by atomic mass is 19.1. The maximum atomic E-state index is 13.7. The Morgan fingerprint density at radius 1 is 1.05 bits per heavy atom. The lowest BCUT2D eigenvalue weighted by Crippen LogP contribution is -2.48. The van der Waals surface area contributed by atoms with Crippen LogP contribution in [0.4, 0.5) is 20.4 Å². The van der Waals surface area contributed by atoms with Crippen molar-refractivity contribution < 1.29 is 28.2 Å². The monoisotopic (exact) mass is 550 g/mol. The predicted molar refractivity (Wildman–Crippen MR) is 142 cm³/mol. The van der Waals surface area contributed by atoms with Crippen LogP contribution >= 0.6 is 0 Å². The summed E-state index contributed by atoms with van der Waals surface area (Å²) in [6, 6.07) is 13.4. The van der Waals surface area contributed by atoms with E-state index in [1.165, 1.54) is 24.3 Å². The Morgan fingerprint density at radius 2 is 1.73 bits per heavy atom. The van der Waals surface area contributed by atoms with Crippen molar-refractivity contribution in [3.8, 4) is 22.6 Å². The highest BCUT2D eigenvalue weighted by Crippen LogP contribution is 2.35. The van der Waals surface area contributed by atoms with Crippen molar-refractivity contribution in [3.05, 3.63) is 78.3 Å². The third-order valence-corrected chi connectivity index (χ3v) is 6.35. The first-order valence-electron chi connectivity index (χ1n) is 12.7. The molecule has 10 nitrogen and oxygen atoms in total. The summed E-state index contributed by atoms with van der Waals surface area (Å²) in [7, 11) is 0. The number of hydrogen-bond acceptors (Lipinski definition) is 8. The largest absolute Gasteiger partial charge is 0.396 e. The Labute approximate surface area is 228 Å². The van der Waals surface area contributed by atoms with E-state index in [1.807, 2.05) is 0 Å². The van der Waals surface area contributed by atoms with E-state index in [1.54, 1.807) is 43.5 Å². The molecular weight excluding hydrogens is 522 g/mol. The number of amides is 1. The normalized spacial score (nSPS) is 18.9. The number of anilines is 2. The quantitative estimate of drug-likeness (QED) is 0.229. The lowest BCUT2D eigenvalue weighted by atomic mass is 9.91. The molecule has 2 aromatic heterocycles. The lowest BCUT2D eigenvalue weighted by Gasteiger charge is -2.35. The minimum absolute atomic E-state index is 0.0145. The van der Waals surface area contributed by atoms with Crippen LogP contribution in [-0.4, -0.2) is 57.3 Å². The van der Waals surface area contributed by atoms with E-state index in [0.717, 1.165) is 0 Å². The van der Waals surface area contributed by atoms with Crippen molar-refractivity contribution in [2.45, 2.75) is 19.6 Å². The van der Waals surface area contributed by atoms with Crippen LogP contribution in [0.5, 0.6) is 0 Å². The molecule has 1 aliphatic rings. The summed E-state index contributed by atoms with van der Waals surface area (Å²) in [4.78, 5) is 29.4. The molecule has 0 aliphatic carbocycles. The van der Waals surface area contributed by atoms with Gasteiger partial charge in [0.1, 0.15) is 11.6 Å². The fourth-order valence-electron chi connectivity index (χ4n) is 4.12. The number of carbonyl (C=O) groups is 1. The lowest BCUT2D eigenvalue weighted by molar-refractivity contribution is -0.231. The third-order valence-electron chi connectivity index (χ3n) is 6.35. The van der Waals surface area contributed by atoms with Gasteiger partial charge in [0.15, 0.2) is 5.82 Å². The standard InChI is InChI=1S/C28H28F2N6O4/c1-28(26(38)31-12-2-14-37)15-39-25(40-16-28)24-35-22(17-3-5-18(29)6-4-17)23(36-24)21-11-13-32-27(34-21)33-20-9-7-19(30)8-10-20/h3-11,13,25,37H,2,12,14-16H2,1H3,(H,31,38)(H,35,36)(H,32,33,34). The highest BCUT2D eigenvalue weighted by molar-refractivity contribution is 5.82. The zero-order valence-electron chi connectivity index (χ0n) is 21.7. The van der Waals surface area contributed by atoms with E-state index in [2.05, 4.69) is 25.6 Å². The van der Waals surface area contributed by atoms with Gasteiger partial charge in [-0.15, -0.1) is 0 Å². The van der Waals surface area contributed by atoms with Crippen molar-refractivity contribution in [2.24, 2.45) is 5.41 Å². The number of carbonyl (C=O) groups excluding carboxylic acids is 1.